The maximum Gasteiger partial charge on any atom is -0.0355 e. The van der Waals surface area contributed by atoms with Crippen LogP contribution in [-0.2, 0) is 0 Å². The summed E-state index contributed by atoms with van der Waals surface area (Å²) >= 11 is 0. The van der Waals surface area contributed by atoms with Gasteiger partial charge in [0, 0.05) is 0 Å². The molecule has 0 N–H and O–H groups in total. The first-order chi connectivity index (χ1) is 6.95. The first kappa shape index (κ1) is 9.24. The van der Waals surface area contributed by atoms with Gasteiger partial charge < -0.3 is 0 Å². The van der Waals surface area contributed by atoms with E-state index in [1.165, 1.54) is 36.5 Å². The molecule has 0 heteroatoms. The standard InChI is InChI=1S/C14H24/c1-2-4-6-12-8-10-14(12)13-9-7-11(13)5-3-1/h11-14H,1-10H2. The molecule has 3 fully saturated rings. The lowest BCUT2D eigenvalue weighted by Crippen LogP contribution is -2.41. The smallest absolute Gasteiger partial charge is 0.0355 e. The van der Waals surface area contributed by atoms with E-state index >= 15 is 0 Å². The molecule has 0 heterocycles. The molecular formula is C14H24. The van der Waals surface area contributed by atoms with Crippen molar-refractivity contribution < 1.29 is 0 Å². The highest BCUT2D eigenvalue weighted by atomic mass is 14.5. The fourth-order valence-electron chi connectivity index (χ4n) is 4.20. The van der Waals surface area contributed by atoms with Crippen molar-refractivity contribution in [1.82, 2.24) is 0 Å². The minimum atomic E-state index is 1.17. The third kappa shape index (κ3) is 1.51. The minimum absolute atomic E-state index is 1.17. The highest BCUT2D eigenvalue weighted by Crippen LogP contribution is 2.53. The van der Waals surface area contributed by atoms with Gasteiger partial charge in [0.1, 0.15) is 0 Å². The van der Waals surface area contributed by atoms with Gasteiger partial charge in [-0.25, -0.2) is 0 Å². The van der Waals surface area contributed by atoms with Gasteiger partial charge in [0.05, 0.1) is 0 Å². The molecule has 0 spiro atoms. The molecule has 4 unspecified atom stereocenters. The SMILES string of the molecule is C1CCCC2CCC2C2CCC2CC1. The van der Waals surface area contributed by atoms with Crippen LogP contribution < -0.4 is 0 Å². The molecule has 3 saturated carbocycles. The van der Waals surface area contributed by atoms with Crippen LogP contribution >= 0.6 is 0 Å². The topological polar surface area (TPSA) is 0 Å². The molecule has 0 bridgehead atoms. The van der Waals surface area contributed by atoms with E-state index in [1.807, 2.05) is 0 Å². The summed E-state index contributed by atoms with van der Waals surface area (Å²) in [6.45, 7) is 0. The number of rotatable bonds is 0. The molecule has 3 aliphatic rings. The average Bonchev–Trinajstić information content (AvgIpc) is 2.13. The number of fused-ring (bicyclic) bond motifs is 3. The molecule has 0 nitrogen and oxygen atoms in total. The van der Waals surface area contributed by atoms with Crippen molar-refractivity contribution in [2.24, 2.45) is 23.7 Å². The summed E-state index contributed by atoms with van der Waals surface area (Å²) < 4.78 is 0. The molecule has 3 aliphatic carbocycles. The fourth-order valence-corrected chi connectivity index (χ4v) is 4.20. The zero-order valence-electron chi connectivity index (χ0n) is 9.38. The van der Waals surface area contributed by atoms with Crippen molar-refractivity contribution in [2.45, 2.75) is 64.2 Å². The van der Waals surface area contributed by atoms with Gasteiger partial charge in [0.15, 0.2) is 0 Å². The van der Waals surface area contributed by atoms with E-state index in [9.17, 15) is 0 Å². The van der Waals surface area contributed by atoms with Gasteiger partial charge in [0.2, 0.25) is 0 Å². The van der Waals surface area contributed by atoms with Gasteiger partial charge in [0.25, 0.3) is 0 Å². The van der Waals surface area contributed by atoms with Crippen LogP contribution in [-0.4, -0.2) is 0 Å². The van der Waals surface area contributed by atoms with Crippen LogP contribution in [0.25, 0.3) is 0 Å². The molecule has 80 valence electrons. The van der Waals surface area contributed by atoms with Gasteiger partial charge in [-0.15, -0.1) is 0 Å². The molecule has 3 rings (SSSR count). The number of hydrogen-bond donors (Lipinski definition) is 0. The van der Waals surface area contributed by atoms with Crippen LogP contribution in [0.1, 0.15) is 64.2 Å². The molecule has 0 saturated heterocycles. The Morgan fingerprint density at radius 3 is 1.29 bits per heavy atom. The van der Waals surface area contributed by atoms with E-state index in [0.29, 0.717) is 0 Å². The van der Waals surface area contributed by atoms with E-state index < -0.39 is 0 Å². The summed E-state index contributed by atoms with van der Waals surface area (Å²) in [5.74, 6) is 4.71. The molecule has 0 radical (unpaired) electrons. The Bertz CT molecular complexity index is 174. The second kappa shape index (κ2) is 3.87. The van der Waals surface area contributed by atoms with E-state index in [1.54, 1.807) is 51.4 Å². The minimum Gasteiger partial charge on any atom is -0.0533 e. The third-order valence-electron chi connectivity index (χ3n) is 5.40. The predicted molar refractivity (Wildman–Crippen MR) is 60.1 cm³/mol. The van der Waals surface area contributed by atoms with E-state index in [2.05, 4.69) is 0 Å². The lowest BCUT2D eigenvalue weighted by molar-refractivity contribution is -0.00643. The Kier molecular flexibility index (Phi) is 2.55. The summed E-state index contributed by atoms with van der Waals surface area (Å²) in [5.41, 5.74) is 0. The van der Waals surface area contributed by atoms with Crippen molar-refractivity contribution in [3.63, 3.8) is 0 Å². The average molecular weight is 192 g/mol. The Hall–Kier alpha value is 0. The van der Waals surface area contributed by atoms with Gasteiger partial charge in [-0.3, -0.25) is 0 Å². The highest BCUT2D eigenvalue weighted by Gasteiger charge is 2.43. The predicted octanol–water partition coefficient (Wildman–Crippen LogP) is 4.39. The highest BCUT2D eigenvalue weighted by molar-refractivity contribution is 4.94. The van der Waals surface area contributed by atoms with Crippen LogP contribution in [0.2, 0.25) is 0 Å². The Labute approximate surface area is 88.5 Å². The zero-order chi connectivity index (χ0) is 9.38. The molecule has 0 aromatic carbocycles. The van der Waals surface area contributed by atoms with Crippen LogP contribution in [0, 0.1) is 23.7 Å². The second-order valence-corrected chi connectivity index (χ2v) is 5.99. The third-order valence-corrected chi connectivity index (χ3v) is 5.40. The van der Waals surface area contributed by atoms with Crippen molar-refractivity contribution in [2.75, 3.05) is 0 Å². The molecule has 0 aromatic rings. The Balaban J connectivity index is 1.64. The second-order valence-electron chi connectivity index (χ2n) is 5.99. The molecule has 14 heavy (non-hydrogen) atoms. The van der Waals surface area contributed by atoms with Gasteiger partial charge in [-0.2, -0.15) is 0 Å². The van der Waals surface area contributed by atoms with Gasteiger partial charge in [-0.1, -0.05) is 38.5 Å². The van der Waals surface area contributed by atoms with Crippen LogP contribution in [0.5, 0.6) is 0 Å². The van der Waals surface area contributed by atoms with Crippen LogP contribution in [0.3, 0.4) is 0 Å². The molecule has 4 atom stereocenters. The van der Waals surface area contributed by atoms with Gasteiger partial charge >= 0.3 is 0 Å². The molecule has 0 aliphatic heterocycles. The fraction of sp³-hybridized carbons (Fsp3) is 1.00. The first-order valence-corrected chi connectivity index (χ1v) is 6.95. The summed E-state index contributed by atoms with van der Waals surface area (Å²) in [5, 5.41) is 0. The van der Waals surface area contributed by atoms with Crippen LogP contribution in [0.15, 0.2) is 0 Å². The van der Waals surface area contributed by atoms with Gasteiger partial charge in [-0.05, 0) is 49.4 Å². The Morgan fingerprint density at radius 1 is 0.429 bits per heavy atom. The molecule has 0 aromatic heterocycles. The normalized spacial score (nSPS) is 48.0. The lowest BCUT2D eigenvalue weighted by Gasteiger charge is -2.51. The van der Waals surface area contributed by atoms with Crippen molar-refractivity contribution in [3.05, 3.63) is 0 Å². The number of hydrogen-bond acceptors (Lipinski definition) is 0. The molecule has 0 amide bonds. The van der Waals surface area contributed by atoms with Crippen molar-refractivity contribution >= 4 is 0 Å². The largest absolute Gasteiger partial charge is 0.0533 e. The lowest BCUT2D eigenvalue weighted by atomic mass is 9.55. The van der Waals surface area contributed by atoms with Crippen LogP contribution in [0.4, 0.5) is 0 Å². The summed E-state index contributed by atoms with van der Waals surface area (Å²) in [7, 11) is 0. The van der Waals surface area contributed by atoms with E-state index in [4.69, 9.17) is 0 Å². The maximum atomic E-state index is 1.59. The first-order valence-electron chi connectivity index (χ1n) is 6.95. The maximum absolute atomic E-state index is 1.59. The zero-order valence-corrected chi connectivity index (χ0v) is 9.38. The Morgan fingerprint density at radius 2 is 0.929 bits per heavy atom. The van der Waals surface area contributed by atoms with Crippen molar-refractivity contribution in [3.8, 4) is 0 Å². The summed E-state index contributed by atoms with van der Waals surface area (Å²) in [6.07, 6.45) is 15.6. The van der Waals surface area contributed by atoms with E-state index in [-0.39, 0.29) is 0 Å². The molecular weight excluding hydrogens is 168 g/mol. The van der Waals surface area contributed by atoms with E-state index in [0.717, 1.165) is 0 Å². The monoisotopic (exact) mass is 192 g/mol. The summed E-state index contributed by atoms with van der Waals surface area (Å²) in [4.78, 5) is 0. The summed E-state index contributed by atoms with van der Waals surface area (Å²) in [6, 6.07) is 0. The quantitative estimate of drug-likeness (QED) is 0.534. The van der Waals surface area contributed by atoms with Crippen molar-refractivity contribution in [1.29, 1.82) is 0 Å².